The Morgan fingerprint density at radius 3 is 2.45 bits per heavy atom. The van der Waals surface area contributed by atoms with Gasteiger partial charge in [0, 0.05) is 55.4 Å². The maximum Gasteiger partial charge on any atom is 0.287 e. The Kier molecular flexibility index (Phi) is 9.12. The van der Waals surface area contributed by atoms with E-state index in [1.54, 1.807) is 24.3 Å². The Labute approximate surface area is 262 Å². The molecule has 8 heteroatoms. The number of hydrogen-bond acceptors (Lipinski definition) is 5. The molecule has 1 atom stereocenters. The Bertz CT molecular complexity index is 1740. The van der Waals surface area contributed by atoms with E-state index in [-0.39, 0.29) is 23.1 Å². The van der Waals surface area contributed by atoms with Crippen molar-refractivity contribution in [2.45, 2.75) is 51.1 Å². The summed E-state index contributed by atoms with van der Waals surface area (Å²) in [6, 6.07) is 24.0. The number of hydrogen-bond donors (Lipinski definition) is 1. The zero-order valence-corrected chi connectivity index (χ0v) is 25.4. The van der Waals surface area contributed by atoms with Gasteiger partial charge in [0.25, 0.3) is 5.91 Å². The highest BCUT2D eigenvalue weighted by molar-refractivity contribution is 6.30. The molecule has 2 aliphatic heterocycles. The van der Waals surface area contributed by atoms with E-state index < -0.39 is 5.91 Å². The Balaban J connectivity index is 1.13. The number of carbonyl (C=O) groups is 2. The summed E-state index contributed by atoms with van der Waals surface area (Å²) in [5.74, 6) is -0.162. The van der Waals surface area contributed by atoms with Gasteiger partial charge in [-0.05, 0) is 73.6 Å². The molecule has 1 aromatic heterocycles. The molecule has 44 heavy (non-hydrogen) atoms. The van der Waals surface area contributed by atoms with Gasteiger partial charge < -0.3 is 19.5 Å². The lowest BCUT2D eigenvalue weighted by Crippen LogP contribution is -2.37. The molecule has 6 rings (SSSR count). The predicted molar refractivity (Wildman–Crippen MR) is 174 cm³/mol. The lowest BCUT2D eigenvalue weighted by molar-refractivity contribution is -0.128. The maximum atomic E-state index is 13.3. The molecule has 226 valence electrons. The minimum absolute atomic E-state index is 0.00469. The normalized spacial score (nSPS) is 15.9. The lowest BCUT2D eigenvalue weighted by atomic mass is 9.97. The number of rotatable bonds is 9. The van der Waals surface area contributed by atoms with E-state index in [4.69, 9.17) is 16.0 Å². The molecule has 0 saturated carbocycles. The highest BCUT2D eigenvalue weighted by Crippen LogP contribution is 2.28. The van der Waals surface area contributed by atoms with Crippen molar-refractivity contribution in [3.05, 3.63) is 123 Å². The molecule has 2 fully saturated rings. The van der Waals surface area contributed by atoms with Crippen molar-refractivity contribution in [2.24, 2.45) is 0 Å². The Morgan fingerprint density at radius 1 is 0.932 bits per heavy atom. The van der Waals surface area contributed by atoms with Gasteiger partial charge in [-0.15, -0.1) is 0 Å². The summed E-state index contributed by atoms with van der Waals surface area (Å²) in [6.45, 7) is 3.29. The van der Waals surface area contributed by atoms with E-state index >= 15 is 0 Å². The molecule has 2 aliphatic rings. The molecule has 3 heterocycles. The van der Waals surface area contributed by atoms with E-state index in [0.29, 0.717) is 41.8 Å². The van der Waals surface area contributed by atoms with Crippen molar-refractivity contribution in [2.75, 3.05) is 24.5 Å². The minimum Gasteiger partial charge on any atom is -0.451 e. The van der Waals surface area contributed by atoms with Crippen LogP contribution in [0.4, 0.5) is 5.69 Å². The van der Waals surface area contributed by atoms with Gasteiger partial charge in [-0.2, -0.15) is 0 Å². The fourth-order valence-corrected chi connectivity index (χ4v) is 6.27. The van der Waals surface area contributed by atoms with Gasteiger partial charge in [-0.1, -0.05) is 65.7 Å². The molecular weight excluding hydrogens is 574 g/mol. The Morgan fingerprint density at radius 2 is 1.68 bits per heavy atom. The number of para-hydroxylation sites is 2. The summed E-state index contributed by atoms with van der Waals surface area (Å²) in [4.78, 5) is 42.5. The zero-order chi connectivity index (χ0) is 30.5. The average Bonchev–Trinajstić information content (AvgIpc) is 3.45. The minimum atomic E-state index is -0.409. The first-order chi connectivity index (χ1) is 21.4. The number of anilines is 1. The number of fused-ring (bicyclic) bond motifs is 1. The standard InChI is InChI=1S/C36H36ClN3O4/c37-28-14-11-26(12-15-28)22-29(38-36(43)34-23-32(41)30-7-2-4-9-33(30)44-34)16-13-25-17-20-39(21-18-25)31-8-3-1-6-27(31)24-40-19-5-10-35(40)42/h1-4,6-9,11-15,23,29H,5,10,16-22,24H2,(H,38,43)/t29-/m1/s1. The van der Waals surface area contributed by atoms with Crippen LogP contribution in [-0.2, 0) is 17.8 Å². The molecule has 1 N–H and O–H groups in total. The number of halogens is 1. The summed E-state index contributed by atoms with van der Waals surface area (Å²) in [5, 5.41) is 4.23. The van der Waals surface area contributed by atoms with Crippen LogP contribution in [0, 0.1) is 0 Å². The van der Waals surface area contributed by atoms with Crippen molar-refractivity contribution in [3.8, 4) is 0 Å². The fourth-order valence-electron chi connectivity index (χ4n) is 6.15. The SMILES string of the molecule is O=C(N[C@H](CC=C1CCN(c2ccccc2CN2CCCC2=O)CC1)Cc1ccc(Cl)cc1)c1cc(=O)c2ccccc2o1. The van der Waals surface area contributed by atoms with Crippen molar-refractivity contribution < 1.29 is 14.0 Å². The lowest BCUT2D eigenvalue weighted by Gasteiger charge is -2.33. The van der Waals surface area contributed by atoms with Crippen LogP contribution in [0.3, 0.4) is 0 Å². The molecule has 0 spiro atoms. The third-order valence-electron chi connectivity index (χ3n) is 8.55. The number of nitrogens with one attached hydrogen (secondary N) is 1. The van der Waals surface area contributed by atoms with Crippen LogP contribution in [0.2, 0.25) is 5.02 Å². The number of amides is 2. The third-order valence-corrected chi connectivity index (χ3v) is 8.80. The quantitative estimate of drug-likeness (QED) is 0.218. The van der Waals surface area contributed by atoms with Crippen molar-refractivity contribution in [1.82, 2.24) is 10.2 Å². The van der Waals surface area contributed by atoms with Crippen molar-refractivity contribution in [1.29, 1.82) is 0 Å². The van der Waals surface area contributed by atoms with Gasteiger partial charge in [-0.25, -0.2) is 0 Å². The number of nitrogens with zero attached hydrogens (tertiary/aromatic N) is 2. The predicted octanol–water partition coefficient (Wildman–Crippen LogP) is 6.53. The number of carbonyl (C=O) groups excluding carboxylic acids is 2. The van der Waals surface area contributed by atoms with Crippen LogP contribution in [0.5, 0.6) is 0 Å². The fraction of sp³-hybridized carbons (Fsp3) is 0.306. The molecule has 0 aliphatic carbocycles. The van der Waals surface area contributed by atoms with Gasteiger partial charge in [0.2, 0.25) is 5.91 Å². The molecule has 2 saturated heterocycles. The highest BCUT2D eigenvalue weighted by atomic mass is 35.5. The monoisotopic (exact) mass is 609 g/mol. The molecule has 2 amide bonds. The van der Waals surface area contributed by atoms with Crippen LogP contribution in [0.25, 0.3) is 11.0 Å². The van der Waals surface area contributed by atoms with E-state index in [9.17, 15) is 14.4 Å². The second-order valence-electron chi connectivity index (χ2n) is 11.6. The average molecular weight is 610 g/mol. The van der Waals surface area contributed by atoms with E-state index in [1.165, 1.54) is 22.9 Å². The highest BCUT2D eigenvalue weighted by Gasteiger charge is 2.24. The van der Waals surface area contributed by atoms with Gasteiger partial charge in [-0.3, -0.25) is 14.4 Å². The van der Waals surface area contributed by atoms with E-state index in [2.05, 4.69) is 34.5 Å². The first-order valence-corrected chi connectivity index (χ1v) is 15.7. The van der Waals surface area contributed by atoms with Crippen LogP contribution >= 0.6 is 11.6 Å². The summed E-state index contributed by atoms with van der Waals surface area (Å²) in [7, 11) is 0. The van der Waals surface area contributed by atoms with Crippen LogP contribution in [0.15, 0.2) is 99.7 Å². The first-order valence-electron chi connectivity index (χ1n) is 15.3. The van der Waals surface area contributed by atoms with Gasteiger partial charge in [0.1, 0.15) is 5.58 Å². The Hall–Kier alpha value is -4.36. The largest absolute Gasteiger partial charge is 0.451 e. The van der Waals surface area contributed by atoms with Crippen LogP contribution in [0.1, 0.15) is 53.8 Å². The topological polar surface area (TPSA) is 82.9 Å². The summed E-state index contributed by atoms with van der Waals surface area (Å²) < 4.78 is 5.80. The third kappa shape index (κ3) is 7.05. The molecule has 7 nitrogen and oxygen atoms in total. The number of piperidine rings is 1. The maximum absolute atomic E-state index is 13.3. The molecule has 4 aromatic rings. The summed E-state index contributed by atoms with van der Waals surface area (Å²) in [5.41, 5.74) is 4.97. The van der Waals surface area contributed by atoms with Gasteiger partial charge in [0.15, 0.2) is 11.2 Å². The van der Waals surface area contributed by atoms with Gasteiger partial charge in [0.05, 0.1) is 5.39 Å². The molecular formula is C36H36ClN3O4. The number of benzene rings is 3. The second-order valence-corrected chi connectivity index (χ2v) is 12.0. The van der Waals surface area contributed by atoms with Crippen molar-refractivity contribution >= 4 is 40.1 Å². The van der Waals surface area contributed by atoms with Crippen molar-refractivity contribution in [3.63, 3.8) is 0 Å². The second kappa shape index (κ2) is 13.5. The molecule has 3 aromatic carbocycles. The summed E-state index contributed by atoms with van der Waals surface area (Å²) in [6.07, 6.45) is 6.96. The number of likely N-dealkylation sites (tertiary alicyclic amines) is 1. The summed E-state index contributed by atoms with van der Waals surface area (Å²) >= 11 is 6.11. The van der Waals surface area contributed by atoms with E-state index in [0.717, 1.165) is 44.5 Å². The van der Waals surface area contributed by atoms with Crippen LogP contribution in [-0.4, -0.2) is 42.4 Å². The molecule has 0 bridgehead atoms. The van der Waals surface area contributed by atoms with Crippen LogP contribution < -0.4 is 15.6 Å². The van der Waals surface area contributed by atoms with E-state index in [1.807, 2.05) is 35.2 Å². The molecule has 0 unspecified atom stereocenters. The van der Waals surface area contributed by atoms with Gasteiger partial charge >= 0.3 is 0 Å². The zero-order valence-electron chi connectivity index (χ0n) is 24.6. The molecule has 0 radical (unpaired) electrons. The smallest absolute Gasteiger partial charge is 0.287 e. The first kappa shape index (κ1) is 29.7.